The lowest BCUT2D eigenvalue weighted by Gasteiger charge is -2.25. The Balaban J connectivity index is 1.75. The number of nitrogens with zero attached hydrogens (tertiary/aromatic N) is 1. The molecule has 5 heteroatoms. The number of hydrogen-bond donors (Lipinski definition) is 1. The average Bonchev–Trinajstić information content (AvgIpc) is 2.97. The van der Waals surface area contributed by atoms with Crippen LogP contribution in [0.4, 0.5) is 14.9 Å². The third-order valence-electron chi connectivity index (χ3n) is 3.84. The van der Waals surface area contributed by atoms with Gasteiger partial charge in [-0.1, -0.05) is 29.8 Å². The van der Waals surface area contributed by atoms with Crippen LogP contribution in [0.15, 0.2) is 48.5 Å². The second-order valence-electron chi connectivity index (χ2n) is 5.34. The number of benzene rings is 2. The van der Waals surface area contributed by atoms with E-state index in [0.717, 1.165) is 18.4 Å². The van der Waals surface area contributed by atoms with Gasteiger partial charge in [-0.15, -0.1) is 0 Å². The van der Waals surface area contributed by atoms with E-state index in [0.29, 0.717) is 17.3 Å². The summed E-state index contributed by atoms with van der Waals surface area (Å²) in [6.45, 7) is 0.689. The van der Waals surface area contributed by atoms with Crippen LogP contribution in [0, 0.1) is 5.82 Å². The minimum absolute atomic E-state index is 0.0141. The Morgan fingerprint density at radius 1 is 1.23 bits per heavy atom. The van der Waals surface area contributed by atoms with E-state index in [-0.39, 0.29) is 17.9 Å². The highest BCUT2D eigenvalue weighted by Crippen LogP contribution is 2.32. The van der Waals surface area contributed by atoms with E-state index in [1.807, 2.05) is 0 Å². The number of carbonyl (C=O) groups excluding carboxylic acids is 1. The van der Waals surface area contributed by atoms with Gasteiger partial charge in [0.1, 0.15) is 5.82 Å². The molecule has 22 heavy (non-hydrogen) atoms. The number of amides is 2. The fraction of sp³-hybridized carbons (Fsp3) is 0.235. The second-order valence-corrected chi connectivity index (χ2v) is 5.78. The van der Waals surface area contributed by atoms with Gasteiger partial charge >= 0.3 is 6.03 Å². The van der Waals surface area contributed by atoms with Crippen molar-refractivity contribution in [1.29, 1.82) is 0 Å². The molecule has 114 valence electrons. The molecule has 0 aromatic heterocycles. The van der Waals surface area contributed by atoms with Crippen LogP contribution in [-0.2, 0) is 0 Å². The van der Waals surface area contributed by atoms with Crippen molar-refractivity contribution in [2.24, 2.45) is 0 Å². The van der Waals surface area contributed by atoms with Gasteiger partial charge in [-0.2, -0.15) is 0 Å². The molecule has 0 aliphatic carbocycles. The van der Waals surface area contributed by atoms with Crippen molar-refractivity contribution in [2.75, 3.05) is 11.9 Å². The van der Waals surface area contributed by atoms with Crippen LogP contribution in [-0.4, -0.2) is 17.5 Å². The first kappa shape index (κ1) is 14.9. The quantitative estimate of drug-likeness (QED) is 0.843. The summed E-state index contributed by atoms with van der Waals surface area (Å²) in [5, 5.41) is 3.44. The molecule has 1 aliphatic heterocycles. The Morgan fingerprint density at radius 2 is 2.00 bits per heavy atom. The Bertz CT molecular complexity index is 675. The van der Waals surface area contributed by atoms with Gasteiger partial charge in [0, 0.05) is 17.3 Å². The molecule has 1 heterocycles. The molecule has 2 aromatic carbocycles. The van der Waals surface area contributed by atoms with E-state index < -0.39 is 0 Å². The maximum Gasteiger partial charge on any atom is 0.322 e. The number of rotatable bonds is 2. The van der Waals surface area contributed by atoms with Crippen molar-refractivity contribution < 1.29 is 9.18 Å². The number of nitrogens with one attached hydrogen (secondary N) is 1. The molecule has 0 radical (unpaired) electrons. The summed E-state index contributed by atoms with van der Waals surface area (Å²) in [5.41, 5.74) is 1.63. The van der Waals surface area contributed by atoms with E-state index in [4.69, 9.17) is 11.6 Å². The van der Waals surface area contributed by atoms with Gasteiger partial charge in [-0.3, -0.25) is 0 Å². The van der Waals surface area contributed by atoms with Gasteiger partial charge in [0.15, 0.2) is 0 Å². The monoisotopic (exact) mass is 318 g/mol. The molecule has 1 aliphatic rings. The van der Waals surface area contributed by atoms with Crippen LogP contribution in [0.2, 0.25) is 5.02 Å². The Hall–Kier alpha value is -2.07. The first-order chi connectivity index (χ1) is 10.6. The number of likely N-dealkylation sites (tertiary alicyclic amines) is 1. The summed E-state index contributed by atoms with van der Waals surface area (Å²) in [7, 11) is 0. The van der Waals surface area contributed by atoms with E-state index in [2.05, 4.69) is 5.32 Å². The van der Waals surface area contributed by atoms with Gasteiger partial charge in [-0.25, -0.2) is 9.18 Å². The summed E-state index contributed by atoms with van der Waals surface area (Å²) in [6, 6.07) is 13.2. The van der Waals surface area contributed by atoms with Gasteiger partial charge in [0.25, 0.3) is 0 Å². The number of halogens is 2. The minimum atomic E-state index is -0.267. The largest absolute Gasteiger partial charge is 0.322 e. The van der Waals surface area contributed by atoms with Gasteiger partial charge < -0.3 is 10.2 Å². The van der Waals surface area contributed by atoms with Crippen LogP contribution in [0.5, 0.6) is 0 Å². The molecule has 2 aromatic rings. The maximum atomic E-state index is 13.0. The van der Waals surface area contributed by atoms with Gasteiger partial charge in [0.2, 0.25) is 0 Å². The fourth-order valence-electron chi connectivity index (χ4n) is 2.80. The zero-order valence-corrected chi connectivity index (χ0v) is 12.7. The lowest BCUT2D eigenvalue weighted by Crippen LogP contribution is -2.34. The highest BCUT2D eigenvalue weighted by Gasteiger charge is 2.29. The third-order valence-corrected chi connectivity index (χ3v) is 4.08. The highest BCUT2D eigenvalue weighted by atomic mass is 35.5. The molecule has 0 bridgehead atoms. The molecular formula is C17H16ClFN2O. The summed E-state index contributed by atoms with van der Waals surface area (Å²) < 4.78 is 13.0. The first-order valence-corrected chi connectivity index (χ1v) is 7.60. The lowest BCUT2D eigenvalue weighted by molar-refractivity contribution is 0.207. The van der Waals surface area contributed by atoms with E-state index >= 15 is 0 Å². The number of carbonyl (C=O) groups is 1. The van der Waals surface area contributed by atoms with Gasteiger partial charge in [0.05, 0.1) is 6.04 Å². The zero-order chi connectivity index (χ0) is 15.5. The molecule has 2 amide bonds. The highest BCUT2D eigenvalue weighted by molar-refractivity contribution is 6.30. The van der Waals surface area contributed by atoms with Crippen molar-refractivity contribution in [3.05, 3.63) is 64.9 Å². The second kappa shape index (κ2) is 6.36. The molecule has 0 saturated carbocycles. The molecule has 1 fully saturated rings. The maximum absolute atomic E-state index is 13.0. The summed E-state index contributed by atoms with van der Waals surface area (Å²) >= 11 is 5.93. The van der Waals surface area contributed by atoms with Crippen molar-refractivity contribution in [3.8, 4) is 0 Å². The number of anilines is 1. The molecule has 0 unspecified atom stereocenters. The predicted molar refractivity (Wildman–Crippen MR) is 85.6 cm³/mol. The van der Waals surface area contributed by atoms with Gasteiger partial charge in [-0.05, 0) is 48.7 Å². The molecular weight excluding hydrogens is 303 g/mol. The van der Waals surface area contributed by atoms with Crippen molar-refractivity contribution in [1.82, 2.24) is 4.90 Å². The Kier molecular flexibility index (Phi) is 4.29. The topological polar surface area (TPSA) is 32.3 Å². The van der Waals surface area contributed by atoms with E-state index in [1.165, 1.54) is 12.1 Å². The summed E-state index contributed by atoms with van der Waals surface area (Å²) in [6.07, 6.45) is 1.82. The van der Waals surface area contributed by atoms with Crippen molar-refractivity contribution in [2.45, 2.75) is 18.9 Å². The van der Waals surface area contributed by atoms with Crippen LogP contribution in [0.1, 0.15) is 24.4 Å². The summed E-state index contributed by atoms with van der Waals surface area (Å²) in [4.78, 5) is 14.3. The molecule has 1 saturated heterocycles. The third kappa shape index (κ3) is 3.22. The minimum Gasteiger partial charge on any atom is -0.317 e. The standard InChI is InChI=1S/C17H16ClFN2O/c18-13-3-1-4-15(11-13)20-17(22)21-10-2-5-16(21)12-6-8-14(19)9-7-12/h1,3-4,6-9,11,16H,2,5,10H2,(H,20,22)/t16-/m0/s1. The zero-order valence-electron chi connectivity index (χ0n) is 11.9. The fourth-order valence-corrected chi connectivity index (χ4v) is 2.99. The molecule has 1 N–H and O–H groups in total. The smallest absolute Gasteiger partial charge is 0.317 e. The molecule has 3 nitrogen and oxygen atoms in total. The Morgan fingerprint density at radius 3 is 2.73 bits per heavy atom. The van der Waals surface area contributed by atoms with E-state index in [9.17, 15) is 9.18 Å². The van der Waals surface area contributed by atoms with Crippen LogP contribution in [0.25, 0.3) is 0 Å². The van der Waals surface area contributed by atoms with E-state index in [1.54, 1.807) is 41.3 Å². The predicted octanol–water partition coefficient (Wildman–Crippen LogP) is 4.85. The van der Waals surface area contributed by atoms with Crippen molar-refractivity contribution >= 4 is 23.3 Å². The van der Waals surface area contributed by atoms with Crippen LogP contribution >= 0.6 is 11.6 Å². The first-order valence-electron chi connectivity index (χ1n) is 7.22. The molecule has 3 rings (SSSR count). The SMILES string of the molecule is O=C(Nc1cccc(Cl)c1)N1CCC[C@H]1c1ccc(F)cc1. The van der Waals surface area contributed by atoms with Crippen LogP contribution < -0.4 is 5.32 Å². The Labute approximate surface area is 133 Å². The molecule has 1 atom stereocenters. The number of hydrogen-bond acceptors (Lipinski definition) is 1. The normalized spacial score (nSPS) is 17.5. The molecule has 0 spiro atoms. The average molecular weight is 319 g/mol. The summed E-state index contributed by atoms with van der Waals surface area (Å²) in [5.74, 6) is -0.267. The van der Waals surface area contributed by atoms with Crippen molar-refractivity contribution in [3.63, 3.8) is 0 Å². The lowest BCUT2D eigenvalue weighted by atomic mass is 10.0. The number of urea groups is 1. The van der Waals surface area contributed by atoms with Crippen LogP contribution in [0.3, 0.4) is 0 Å².